The fraction of sp³-hybridized carbons (Fsp3) is 0.286. The predicted octanol–water partition coefficient (Wildman–Crippen LogP) is 3.95. The molecule has 1 amide bonds. The smallest absolute Gasteiger partial charge is 0.271 e. The monoisotopic (exact) mass is 447 g/mol. The van der Waals surface area contributed by atoms with E-state index in [0.29, 0.717) is 17.8 Å². The summed E-state index contributed by atoms with van der Waals surface area (Å²) in [6.07, 6.45) is 1.63. The van der Waals surface area contributed by atoms with Crippen molar-refractivity contribution < 1.29 is 17.6 Å². The van der Waals surface area contributed by atoms with Crippen LogP contribution in [0.25, 0.3) is 0 Å². The molecule has 9 heteroatoms. The predicted molar refractivity (Wildman–Crippen MR) is 118 cm³/mol. The summed E-state index contributed by atoms with van der Waals surface area (Å²) in [6, 6.07) is 13.3. The Hall–Kier alpha value is -2.62. The Kier molecular flexibility index (Phi) is 7.30. The maximum Gasteiger partial charge on any atom is 0.271 e. The Morgan fingerprint density at radius 3 is 2.40 bits per heavy atom. The van der Waals surface area contributed by atoms with E-state index in [1.165, 1.54) is 0 Å². The molecule has 0 aliphatic rings. The van der Waals surface area contributed by atoms with Crippen LogP contribution in [0.2, 0.25) is 0 Å². The van der Waals surface area contributed by atoms with Crippen LogP contribution in [0.3, 0.4) is 0 Å². The first-order chi connectivity index (χ1) is 14.4. The van der Waals surface area contributed by atoms with Gasteiger partial charge in [0.25, 0.3) is 15.9 Å². The second-order valence-corrected chi connectivity index (χ2v) is 9.43. The zero-order valence-corrected chi connectivity index (χ0v) is 18.5. The van der Waals surface area contributed by atoms with Gasteiger partial charge in [0, 0.05) is 17.8 Å². The number of rotatable bonds is 10. The number of thiophene rings is 1. The van der Waals surface area contributed by atoms with Gasteiger partial charge in [-0.1, -0.05) is 19.9 Å². The van der Waals surface area contributed by atoms with E-state index in [2.05, 4.69) is 28.8 Å². The second kappa shape index (κ2) is 9.92. The van der Waals surface area contributed by atoms with Gasteiger partial charge >= 0.3 is 0 Å². The lowest BCUT2D eigenvalue weighted by molar-refractivity contribution is 0.0929. The molecule has 30 heavy (non-hydrogen) atoms. The molecule has 0 aliphatic heterocycles. The fourth-order valence-electron chi connectivity index (χ4n) is 3.16. The number of nitrogens with one attached hydrogen (secondary N) is 2. The lowest BCUT2D eigenvalue weighted by Crippen LogP contribution is -2.37. The molecule has 2 N–H and O–H groups in total. The minimum Gasteiger partial charge on any atom is -0.468 e. The van der Waals surface area contributed by atoms with Gasteiger partial charge in [-0.05, 0) is 60.9 Å². The number of hydrogen-bond donors (Lipinski definition) is 2. The Morgan fingerprint density at radius 1 is 1.10 bits per heavy atom. The van der Waals surface area contributed by atoms with Crippen LogP contribution in [0.15, 0.2) is 68.8 Å². The molecule has 7 nitrogen and oxygen atoms in total. The zero-order valence-electron chi connectivity index (χ0n) is 16.9. The van der Waals surface area contributed by atoms with Crippen LogP contribution in [0, 0.1) is 0 Å². The SMILES string of the molecule is CCN(CC)C(CNC(=O)c1ccc(NS(=O)(=O)c2cccs2)cc1)c1ccco1. The lowest BCUT2D eigenvalue weighted by atomic mass is 10.1. The number of furan rings is 1. The summed E-state index contributed by atoms with van der Waals surface area (Å²) in [4.78, 5) is 14.8. The van der Waals surface area contributed by atoms with Crippen molar-refractivity contribution in [1.82, 2.24) is 10.2 Å². The third kappa shape index (κ3) is 5.29. The molecule has 2 aromatic heterocycles. The summed E-state index contributed by atoms with van der Waals surface area (Å²) in [5.74, 6) is 0.573. The van der Waals surface area contributed by atoms with E-state index in [-0.39, 0.29) is 16.2 Å². The topological polar surface area (TPSA) is 91.7 Å². The van der Waals surface area contributed by atoms with E-state index < -0.39 is 10.0 Å². The second-order valence-electron chi connectivity index (χ2n) is 6.58. The summed E-state index contributed by atoms with van der Waals surface area (Å²) < 4.78 is 32.9. The number of likely N-dealkylation sites (N-methyl/N-ethyl adjacent to an activating group) is 1. The first kappa shape index (κ1) is 22.1. The van der Waals surface area contributed by atoms with E-state index in [9.17, 15) is 13.2 Å². The van der Waals surface area contributed by atoms with Crippen LogP contribution in [-0.2, 0) is 10.0 Å². The highest BCUT2D eigenvalue weighted by atomic mass is 32.2. The van der Waals surface area contributed by atoms with Gasteiger partial charge in [-0.25, -0.2) is 8.42 Å². The van der Waals surface area contributed by atoms with Gasteiger partial charge in [-0.15, -0.1) is 11.3 Å². The van der Waals surface area contributed by atoms with E-state index in [1.54, 1.807) is 48.0 Å². The molecule has 0 fully saturated rings. The standard InChI is InChI=1S/C21H25N3O4S2/c1-3-24(4-2)18(19-7-5-13-28-19)15-22-21(25)16-9-11-17(12-10-16)23-30(26,27)20-8-6-14-29-20/h5-14,18,23H,3-4,15H2,1-2H3,(H,22,25). The van der Waals surface area contributed by atoms with Gasteiger partial charge < -0.3 is 9.73 Å². The molecule has 0 saturated carbocycles. The number of hydrogen-bond acceptors (Lipinski definition) is 6. The zero-order chi connectivity index (χ0) is 21.6. The van der Waals surface area contributed by atoms with Crippen LogP contribution >= 0.6 is 11.3 Å². The average molecular weight is 448 g/mol. The summed E-state index contributed by atoms with van der Waals surface area (Å²) in [6.45, 7) is 6.20. The normalized spacial score (nSPS) is 12.6. The molecular weight excluding hydrogens is 422 g/mol. The van der Waals surface area contributed by atoms with Gasteiger partial charge in [0.1, 0.15) is 9.97 Å². The van der Waals surface area contributed by atoms with Crippen molar-refractivity contribution in [3.05, 3.63) is 71.5 Å². The van der Waals surface area contributed by atoms with E-state index in [1.807, 2.05) is 12.1 Å². The highest BCUT2D eigenvalue weighted by Crippen LogP contribution is 2.22. The number of amides is 1. The van der Waals surface area contributed by atoms with Gasteiger partial charge in [-0.3, -0.25) is 14.4 Å². The van der Waals surface area contributed by atoms with Crippen molar-refractivity contribution in [2.24, 2.45) is 0 Å². The maximum absolute atomic E-state index is 12.6. The first-order valence-corrected chi connectivity index (χ1v) is 12.0. The number of nitrogens with zero attached hydrogens (tertiary/aromatic N) is 1. The quantitative estimate of drug-likeness (QED) is 0.491. The summed E-state index contributed by atoms with van der Waals surface area (Å²) in [5, 5.41) is 4.65. The minimum atomic E-state index is -3.61. The molecule has 1 unspecified atom stereocenters. The molecule has 3 aromatic rings. The van der Waals surface area contributed by atoms with Gasteiger partial charge in [-0.2, -0.15) is 0 Å². The Labute approximate surface area is 180 Å². The number of carbonyl (C=O) groups excluding carboxylic acids is 1. The Balaban J connectivity index is 1.64. The Morgan fingerprint density at radius 2 is 1.83 bits per heavy atom. The lowest BCUT2D eigenvalue weighted by Gasteiger charge is -2.28. The first-order valence-electron chi connectivity index (χ1n) is 9.66. The highest BCUT2D eigenvalue weighted by Gasteiger charge is 2.21. The molecule has 0 radical (unpaired) electrons. The molecular formula is C21H25N3O4S2. The van der Waals surface area contributed by atoms with Crippen LogP contribution in [0.1, 0.15) is 36.0 Å². The average Bonchev–Trinajstić information content (AvgIpc) is 3.46. The number of anilines is 1. The van der Waals surface area contributed by atoms with Crippen LogP contribution in [0.4, 0.5) is 5.69 Å². The van der Waals surface area contributed by atoms with Crippen molar-refractivity contribution >= 4 is 33.0 Å². The molecule has 3 rings (SSSR count). The van der Waals surface area contributed by atoms with Gasteiger partial charge in [0.15, 0.2) is 0 Å². The van der Waals surface area contributed by atoms with E-state index in [4.69, 9.17) is 4.42 Å². The molecule has 1 aromatic carbocycles. The van der Waals surface area contributed by atoms with Crippen LogP contribution < -0.4 is 10.0 Å². The molecule has 0 bridgehead atoms. The molecule has 0 saturated heterocycles. The van der Waals surface area contributed by atoms with Crippen molar-refractivity contribution in [1.29, 1.82) is 0 Å². The van der Waals surface area contributed by atoms with E-state index in [0.717, 1.165) is 30.2 Å². The number of benzene rings is 1. The minimum absolute atomic E-state index is 0.0594. The third-order valence-corrected chi connectivity index (χ3v) is 7.52. The maximum atomic E-state index is 12.6. The van der Waals surface area contributed by atoms with Crippen molar-refractivity contribution in [2.75, 3.05) is 24.4 Å². The van der Waals surface area contributed by atoms with E-state index >= 15 is 0 Å². The van der Waals surface area contributed by atoms with Crippen LogP contribution in [0.5, 0.6) is 0 Å². The van der Waals surface area contributed by atoms with Crippen LogP contribution in [-0.4, -0.2) is 38.9 Å². The summed E-state index contributed by atoms with van der Waals surface area (Å²) in [5.41, 5.74) is 0.850. The fourth-order valence-corrected chi connectivity index (χ4v) is 5.21. The largest absolute Gasteiger partial charge is 0.468 e. The number of sulfonamides is 1. The van der Waals surface area contributed by atoms with Crippen molar-refractivity contribution in [3.8, 4) is 0 Å². The highest BCUT2D eigenvalue weighted by molar-refractivity contribution is 7.94. The molecule has 2 heterocycles. The number of carbonyl (C=O) groups is 1. The summed E-state index contributed by atoms with van der Waals surface area (Å²) in [7, 11) is -3.61. The Bertz CT molecular complexity index is 1030. The molecule has 160 valence electrons. The van der Waals surface area contributed by atoms with Crippen molar-refractivity contribution in [2.45, 2.75) is 24.1 Å². The molecule has 0 aliphatic carbocycles. The van der Waals surface area contributed by atoms with Gasteiger partial charge in [0.2, 0.25) is 0 Å². The van der Waals surface area contributed by atoms with Crippen molar-refractivity contribution in [3.63, 3.8) is 0 Å². The summed E-state index contributed by atoms with van der Waals surface area (Å²) >= 11 is 1.14. The van der Waals surface area contributed by atoms with Gasteiger partial charge in [0.05, 0.1) is 12.3 Å². The molecule has 1 atom stereocenters. The third-order valence-electron chi connectivity index (χ3n) is 4.74. The molecule has 0 spiro atoms.